The molecule has 0 radical (unpaired) electrons. The average Bonchev–Trinajstić information content (AvgIpc) is 2.69. The Hall–Kier alpha value is -1.56. The molecule has 0 saturated carbocycles. The third kappa shape index (κ3) is 6.24. The molecule has 0 aromatic carbocycles. The van der Waals surface area contributed by atoms with Crippen LogP contribution >= 0.6 is 15.9 Å². The number of furan rings is 1. The molecular weight excluding hydrogens is 314 g/mol. The van der Waals surface area contributed by atoms with E-state index in [0.717, 1.165) is 0 Å². The average molecular weight is 330 g/mol. The Morgan fingerprint density at radius 1 is 1.47 bits per heavy atom. The summed E-state index contributed by atoms with van der Waals surface area (Å²) in [5.74, 6) is -0.605. The van der Waals surface area contributed by atoms with Crippen LogP contribution < -0.4 is 5.32 Å². The summed E-state index contributed by atoms with van der Waals surface area (Å²) in [7, 11) is 0. The number of amides is 1. The predicted molar refractivity (Wildman–Crippen MR) is 74.5 cm³/mol. The number of hydrogen-bond acceptors (Lipinski definition) is 3. The first-order valence-electron chi connectivity index (χ1n) is 5.76. The standard InChI is InChI=1S/C13H16BrNO4/c1-13(2,8-7-12(17)18)15-11(16)6-4-9-3-5-10(14)19-9/h3-6H,7-8H2,1-2H3,(H,15,16)(H,17,18). The molecule has 1 rings (SSSR count). The minimum atomic E-state index is -0.877. The second kappa shape index (κ2) is 6.56. The number of carbonyl (C=O) groups excluding carboxylic acids is 1. The van der Waals surface area contributed by atoms with Crippen molar-refractivity contribution in [1.29, 1.82) is 0 Å². The number of carboxylic acids is 1. The van der Waals surface area contributed by atoms with Gasteiger partial charge in [-0.3, -0.25) is 9.59 Å². The SMILES string of the molecule is CC(C)(CCC(=O)O)NC(=O)C=Cc1ccc(Br)o1. The highest BCUT2D eigenvalue weighted by molar-refractivity contribution is 9.10. The molecule has 0 aliphatic carbocycles. The molecule has 0 bridgehead atoms. The van der Waals surface area contributed by atoms with Crippen LogP contribution in [0.2, 0.25) is 0 Å². The van der Waals surface area contributed by atoms with Crippen molar-refractivity contribution in [2.24, 2.45) is 0 Å². The molecule has 0 atom stereocenters. The third-order valence-corrected chi connectivity index (χ3v) is 2.84. The van der Waals surface area contributed by atoms with Crippen LogP contribution in [0.15, 0.2) is 27.3 Å². The highest BCUT2D eigenvalue weighted by Gasteiger charge is 2.20. The fourth-order valence-corrected chi connectivity index (χ4v) is 1.75. The Morgan fingerprint density at radius 2 is 2.16 bits per heavy atom. The van der Waals surface area contributed by atoms with Gasteiger partial charge >= 0.3 is 5.97 Å². The number of halogens is 1. The normalized spacial score (nSPS) is 11.7. The number of carboxylic acid groups (broad SMARTS) is 1. The van der Waals surface area contributed by atoms with Crippen LogP contribution in [0.4, 0.5) is 0 Å². The molecule has 104 valence electrons. The van der Waals surface area contributed by atoms with Gasteiger partial charge in [-0.25, -0.2) is 0 Å². The zero-order valence-corrected chi connectivity index (χ0v) is 12.4. The van der Waals surface area contributed by atoms with Gasteiger partial charge in [-0.05, 0) is 54.4 Å². The van der Waals surface area contributed by atoms with Crippen LogP contribution in [0, 0.1) is 0 Å². The van der Waals surface area contributed by atoms with Crippen LogP contribution in [0.3, 0.4) is 0 Å². The van der Waals surface area contributed by atoms with E-state index >= 15 is 0 Å². The summed E-state index contributed by atoms with van der Waals surface area (Å²) in [5.41, 5.74) is -0.566. The van der Waals surface area contributed by atoms with Gasteiger partial charge in [0.25, 0.3) is 0 Å². The summed E-state index contributed by atoms with van der Waals surface area (Å²) >= 11 is 3.17. The highest BCUT2D eigenvalue weighted by Crippen LogP contribution is 2.15. The molecule has 1 amide bonds. The molecule has 1 aromatic heterocycles. The fraction of sp³-hybridized carbons (Fsp3) is 0.385. The van der Waals surface area contributed by atoms with Crippen LogP contribution in [-0.2, 0) is 9.59 Å². The van der Waals surface area contributed by atoms with E-state index in [9.17, 15) is 9.59 Å². The minimum Gasteiger partial charge on any atom is -0.481 e. The molecule has 0 aliphatic rings. The summed E-state index contributed by atoms with van der Waals surface area (Å²) in [6.07, 6.45) is 3.29. The molecule has 6 heteroatoms. The molecule has 0 unspecified atom stereocenters. The molecule has 0 fully saturated rings. The predicted octanol–water partition coefficient (Wildman–Crippen LogP) is 2.81. The fourth-order valence-electron chi connectivity index (χ4n) is 1.43. The van der Waals surface area contributed by atoms with E-state index in [1.807, 2.05) is 0 Å². The van der Waals surface area contributed by atoms with Crippen molar-refractivity contribution < 1.29 is 19.1 Å². The monoisotopic (exact) mass is 329 g/mol. The number of rotatable bonds is 6. The van der Waals surface area contributed by atoms with Crippen LogP contribution in [0.25, 0.3) is 6.08 Å². The molecule has 5 nitrogen and oxygen atoms in total. The maximum Gasteiger partial charge on any atom is 0.303 e. The molecule has 2 N–H and O–H groups in total. The number of carbonyl (C=O) groups is 2. The van der Waals surface area contributed by atoms with Crippen molar-refractivity contribution in [3.8, 4) is 0 Å². The van der Waals surface area contributed by atoms with Gasteiger partial charge in [-0.15, -0.1) is 0 Å². The quantitative estimate of drug-likeness (QED) is 0.786. The van der Waals surface area contributed by atoms with Gasteiger partial charge in [0.05, 0.1) is 0 Å². The second-order valence-corrected chi connectivity index (χ2v) is 5.52. The lowest BCUT2D eigenvalue weighted by Gasteiger charge is -2.24. The maximum absolute atomic E-state index is 11.7. The number of hydrogen-bond donors (Lipinski definition) is 2. The van der Waals surface area contributed by atoms with E-state index in [1.165, 1.54) is 6.08 Å². The van der Waals surface area contributed by atoms with E-state index in [2.05, 4.69) is 21.2 Å². The van der Waals surface area contributed by atoms with Crippen molar-refractivity contribution in [2.45, 2.75) is 32.2 Å². The van der Waals surface area contributed by atoms with E-state index < -0.39 is 11.5 Å². The van der Waals surface area contributed by atoms with Crippen molar-refractivity contribution >= 4 is 33.9 Å². The van der Waals surface area contributed by atoms with Crippen molar-refractivity contribution in [1.82, 2.24) is 5.32 Å². The lowest BCUT2D eigenvalue weighted by Crippen LogP contribution is -2.42. The first-order valence-corrected chi connectivity index (χ1v) is 6.55. The van der Waals surface area contributed by atoms with Crippen LogP contribution in [-0.4, -0.2) is 22.5 Å². The van der Waals surface area contributed by atoms with Gasteiger partial charge in [-0.2, -0.15) is 0 Å². The first-order chi connectivity index (χ1) is 8.78. The zero-order valence-electron chi connectivity index (χ0n) is 10.8. The summed E-state index contributed by atoms with van der Waals surface area (Å²) < 4.78 is 5.81. The van der Waals surface area contributed by atoms with Gasteiger partial charge < -0.3 is 14.8 Å². The van der Waals surface area contributed by atoms with Crippen LogP contribution in [0.1, 0.15) is 32.4 Å². The molecule has 1 heterocycles. The zero-order chi connectivity index (χ0) is 14.5. The molecule has 0 saturated heterocycles. The number of nitrogens with one attached hydrogen (secondary N) is 1. The van der Waals surface area contributed by atoms with Gasteiger partial charge in [0.2, 0.25) is 5.91 Å². The summed E-state index contributed by atoms with van der Waals surface area (Å²) in [5, 5.41) is 11.4. The lowest BCUT2D eigenvalue weighted by molar-refractivity contribution is -0.137. The summed E-state index contributed by atoms with van der Waals surface area (Å²) in [6, 6.07) is 3.46. The molecule has 0 aliphatic heterocycles. The van der Waals surface area contributed by atoms with E-state index in [4.69, 9.17) is 9.52 Å². The third-order valence-electron chi connectivity index (χ3n) is 2.42. The summed E-state index contributed by atoms with van der Waals surface area (Å²) in [6.45, 7) is 3.57. The summed E-state index contributed by atoms with van der Waals surface area (Å²) in [4.78, 5) is 22.2. The Morgan fingerprint density at radius 3 is 2.68 bits per heavy atom. The number of aliphatic carboxylic acids is 1. The smallest absolute Gasteiger partial charge is 0.303 e. The Balaban J connectivity index is 2.50. The first kappa shape index (κ1) is 15.5. The van der Waals surface area contributed by atoms with Gasteiger partial charge in [0.1, 0.15) is 5.76 Å². The second-order valence-electron chi connectivity index (χ2n) is 4.74. The van der Waals surface area contributed by atoms with E-state index in [0.29, 0.717) is 16.9 Å². The maximum atomic E-state index is 11.7. The lowest BCUT2D eigenvalue weighted by atomic mass is 9.98. The van der Waals surface area contributed by atoms with Gasteiger partial charge in [0, 0.05) is 18.0 Å². The van der Waals surface area contributed by atoms with Crippen molar-refractivity contribution in [3.63, 3.8) is 0 Å². The van der Waals surface area contributed by atoms with E-state index in [1.54, 1.807) is 32.1 Å². The molecular formula is C13H16BrNO4. The Kier molecular flexibility index (Phi) is 5.35. The Labute approximate surface area is 119 Å². The molecule has 1 aromatic rings. The van der Waals surface area contributed by atoms with Crippen LogP contribution in [0.5, 0.6) is 0 Å². The topological polar surface area (TPSA) is 79.5 Å². The van der Waals surface area contributed by atoms with Crippen molar-refractivity contribution in [2.75, 3.05) is 0 Å². The van der Waals surface area contributed by atoms with Gasteiger partial charge in [-0.1, -0.05) is 0 Å². The van der Waals surface area contributed by atoms with Gasteiger partial charge in [0.15, 0.2) is 4.67 Å². The van der Waals surface area contributed by atoms with E-state index in [-0.39, 0.29) is 12.3 Å². The highest BCUT2D eigenvalue weighted by atomic mass is 79.9. The minimum absolute atomic E-state index is 0.0160. The Bertz CT molecular complexity index is 491. The van der Waals surface area contributed by atoms with Crippen molar-refractivity contribution in [3.05, 3.63) is 28.6 Å². The molecule has 0 spiro atoms. The molecule has 19 heavy (non-hydrogen) atoms. The largest absolute Gasteiger partial charge is 0.481 e.